The lowest BCUT2D eigenvalue weighted by Gasteiger charge is -2.40. The van der Waals surface area contributed by atoms with E-state index in [9.17, 15) is 9.59 Å². The largest absolute Gasteiger partial charge is 0.462 e. The molecule has 0 aromatic carbocycles. The van der Waals surface area contributed by atoms with Crippen molar-refractivity contribution in [3.63, 3.8) is 0 Å². The number of carbonyl (C=O) groups is 2. The molecule has 1 atom stereocenters. The Hall–Kier alpha value is -1.14. The van der Waals surface area contributed by atoms with Crippen LogP contribution in [-0.2, 0) is 19.1 Å². The lowest BCUT2D eigenvalue weighted by molar-refractivity contribution is -0.161. The molecule has 0 saturated carbocycles. The number of methoxy groups -OCH3 is 1. The van der Waals surface area contributed by atoms with Gasteiger partial charge in [-0.2, -0.15) is 0 Å². The Balaban J connectivity index is 2.06. The fraction of sp³-hybridized carbons (Fsp3) is 0.800. The molecule has 0 spiro atoms. The van der Waals surface area contributed by atoms with E-state index in [0.29, 0.717) is 13.2 Å². The number of carbonyl (C=O) groups excluding carboxylic acids is 2. The van der Waals surface area contributed by atoms with Gasteiger partial charge < -0.3 is 19.7 Å². The highest BCUT2D eigenvalue weighted by Gasteiger charge is 2.38. The van der Waals surface area contributed by atoms with E-state index in [4.69, 9.17) is 4.74 Å². The number of hydrogen-bond acceptors (Lipinski definition) is 5. The van der Waals surface area contributed by atoms with Crippen LogP contribution in [0.15, 0.2) is 0 Å². The Labute approximate surface area is 93.9 Å². The van der Waals surface area contributed by atoms with Crippen LogP contribution < -0.4 is 5.32 Å². The standard InChI is InChI=1S/C10H16N2O4/c1-15-10(14)9(13)12(8-4-11-5-8)7-2-3-16-6-7/h7-8,11H,2-6H2,1H3. The summed E-state index contributed by atoms with van der Waals surface area (Å²) in [6.45, 7) is 2.63. The van der Waals surface area contributed by atoms with Crippen molar-refractivity contribution in [1.29, 1.82) is 0 Å². The Morgan fingerprint density at radius 3 is 2.56 bits per heavy atom. The van der Waals surface area contributed by atoms with Crippen LogP contribution in [0, 0.1) is 0 Å². The molecule has 0 aromatic heterocycles. The molecule has 1 unspecified atom stereocenters. The van der Waals surface area contributed by atoms with Gasteiger partial charge in [0.1, 0.15) is 0 Å². The minimum Gasteiger partial charge on any atom is -0.462 e. The molecule has 0 aromatic rings. The van der Waals surface area contributed by atoms with Crippen LogP contribution in [0.4, 0.5) is 0 Å². The topological polar surface area (TPSA) is 67.9 Å². The van der Waals surface area contributed by atoms with Crippen LogP contribution in [-0.4, -0.2) is 62.3 Å². The first kappa shape index (κ1) is 11.3. The van der Waals surface area contributed by atoms with Crippen molar-refractivity contribution in [3.05, 3.63) is 0 Å². The molecule has 90 valence electrons. The fourth-order valence-electron chi connectivity index (χ4n) is 2.03. The second kappa shape index (κ2) is 4.80. The molecule has 1 amide bonds. The molecule has 6 heteroatoms. The van der Waals surface area contributed by atoms with Gasteiger partial charge in [0.25, 0.3) is 0 Å². The van der Waals surface area contributed by atoms with Gasteiger partial charge >= 0.3 is 11.9 Å². The first-order chi connectivity index (χ1) is 7.74. The quantitative estimate of drug-likeness (QED) is 0.472. The van der Waals surface area contributed by atoms with Crippen molar-refractivity contribution in [3.8, 4) is 0 Å². The van der Waals surface area contributed by atoms with E-state index in [2.05, 4.69) is 10.1 Å². The van der Waals surface area contributed by atoms with Crippen LogP contribution in [0.1, 0.15) is 6.42 Å². The van der Waals surface area contributed by atoms with Crippen molar-refractivity contribution >= 4 is 11.9 Å². The molecule has 2 aliphatic rings. The van der Waals surface area contributed by atoms with Crippen molar-refractivity contribution in [2.75, 3.05) is 33.4 Å². The molecule has 2 fully saturated rings. The number of esters is 1. The number of nitrogens with zero attached hydrogens (tertiary/aromatic N) is 1. The SMILES string of the molecule is COC(=O)C(=O)N(C1CNC1)C1CCOC1. The second-order valence-corrected chi connectivity index (χ2v) is 4.03. The number of ether oxygens (including phenoxy) is 2. The third kappa shape index (κ3) is 2.03. The van der Waals surface area contributed by atoms with Gasteiger partial charge in [-0.05, 0) is 6.42 Å². The summed E-state index contributed by atoms with van der Waals surface area (Å²) in [5.74, 6) is -1.34. The van der Waals surface area contributed by atoms with Crippen LogP contribution >= 0.6 is 0 Å². The Morgan fingerprint density at radius 2 is 2.12 bits per heavy atom. The van der Waals surface area contributed by atoms with Gasteiger partial charge in [0.15, 0.2) is 0 Å². The minimum absolute atomic E-state index is 0.0127. The van der Waals surface area contributed by atoms with E-state index in [1.54, 1.807) is 4.90 Å². The Bertz CT molecular complexity index is 285. The molecule has 1 N–H and O–H groups in total. The molecule has 0 radical (unpaired) electrons. The highest BCUT2D eigenvalue weighted by molar-refractivity contribution is 6.32. The zero-order valence-electron chi connectivity index (χ0n) is 9.27. The third-order valence-corrected chi connectivity index (χ3v) is 3.05. The van der Waals surface area contributed by atoms with E-state index in [1.165, 1.54) is 7.11 Å². The van der Waals surface area contributed by atoms with Crippen molar-refractivity contribution < 1.29 is 19.1 Å². The summed E-state index contributed by atoms with van der Waals surface area (Å²) in [7, 11) is 1.22. The van der Waals surface area contributed by atoms with Crippen molar-refractivity contribution in [1.82, 2.24) is 10.2 Å². The molecule has 0 bridgehead atoms. The zero-order chi connectivity index (χ0) is 11.5. The summed E-state index contributed by atoms with van der Waals surface area (Å²) in [5, 5.41) is 3.09. The monoisotopic (exact) mass is 228 g/mol. The zero-order valence-corrected chi connectivity index (χ0v) is 9.27. The number of rotatable bonds is 2. The number of amides is 1. The molecule has 16 heavy (non-hydrogen) atoms. The molecule has 2 saturated heterocycles. The first-order valence-electron chi connectivity index (χ1n) is 5.43. The maximum absolute atomic E-state index is 11.9. The van der Waals surface area contributed by atoms with Crippen molar-refractivity contribution in [2.24, 2.45) is 0 Å². The molecule has 0 aliphatic carbocycles. The van der Waals surface area contributed by atoms with Crippen LogP contribution in [0.5, 0.6) is 0 Å². The molecule has 6 nitrogen and oxygen atoms in total. The molecule has 2 heterocycles. The Morgan fingerprint density at radius 1 is 1.38 bits per heavy atom. The lowest BCUT2D eigenvalue weighted by atomic mass is 10.1. The fourth-order valence-corrected chi connectivity index (χ4v) is 2.03. The van der Waals surface area contributed by atoms with Gasteiger partial charge in [-0.1, -0.05) is 0 Å². The predicted molar refractivity (Wildman–Crippen MR) is 54.7 cm³/mol. The third-order valence-electron chi connectivity index (χ3n) is 3.05. The summed E-state index contributed by atoms with van der Waals surface area (Å²) in [6.07, 6.45) is 0.791. The summed E-state index contributed by atoms with van der Waals surface area (Å²) < 4.78 is 9.73. The van der Waals surface area contributed by atoms with Gasteiger partial charge in [0.2, 0.25) is 0 Å². The summed E-state index contributed by atoms with van der Waals surface area (Å²) in [6, 6.07) is 0.108. The average molecular weight is 228 g/mol. The van der Waals surface area contributed by atoms with Gasteiger partial charge in [0, 0.05) is 19.7 Å². The first-order valence-corrected chi connectivity index (χ1v) is 5.43. The van der Waals surface area contributed by atoms with E-state index < -0.39 is 11.9 Å². The Kier molecular flexibility index (Phi) is 3.40. The maximum atomic E-state index is 11.9. The molecule has 2 rings (SSSR count). The second-order valence-electron chi connectivity index (χ2n) is 4.03. The van der Waals surface area contributed by atoms with Crippen LogP contribution in [0.25, 0.3) is 0 Å². The highest BCUT2D eigenvalue weighted by atomic mass is 16.5. The van der Waals surface area contributed by atoms with Gasteiger partial charge in [0.05, 0.1) is 25.8 Å². The van der Waals surface area contributed by atoms with Crippen LogP contribution in [0.3, 0.4) is 0 Å². The summed E-state index contributed by atoms with van der Waals surface area (Å²) in [4.78, 5) is 24.8. The molecular formula is C10H16N2O4. The van der Waals surface area contributed by atoms with E-state index in [1.807, 2.05) is 0 Å². The van der Waals surface area contributed by atoms with E-state index >= 15 is 0 Å². The van der Waals surface area contributed by atoms with E-state index in [0.717, 1.165) is 19.5 Å². The van der Waals surface area contributed by atoms with Crippen LogP contribution in [0.2, 0.25) is 0 Å². The minimum atomic E-state index is -0.793. The van der Waals surface area contributed by atoms with E-state index in [-0.39, 0.29) is 12.1 Å². The van der Waals surface area contributed by atoms with Gasteiger partial charge in [-0.25, -0.2) is 4.79 Å². The predicted octanol–water partition coefficient (Wildman–Crippen LogP) is -1.25. The lowest BCUT2D eigenvalue weighted by Crippen LogP contribution is -2.63. The normalized spacial score (nSPS) is 24.9. The number of nitrogens with one attached hydrogen (secondary N) is 1. The maximum Gasteiger partial charge on any atom is 0.396 e. The van der Waals surface area contributed by atoms with Crippen molar-refractivity contribution in [2.45, 2.75) is 18.5 Å². The van der Waals surface area contributed by atoms with Gasteiger partial charge in [-0.3, -0.25) is 4.79 Å². The molecule has 2 aliphatic heterocycles. The number of hydrogen-bond donors (Lipinski definition) is 1. The molecular weight excluding hydrogens is 212 g/mol. The summed E-state index contributed by atoms with van der Waals surface area (Å²) in [5.41, 5.74) is 0. The smallest absolute Gasteiger partial charge is 0.396 e. The summed E-state index contributed by atoms with van der Waals surface area (Å²) >= 11 is 0. The van der Waals surface area contributed by atoms with Gasteiger partial charge in [-0.15, -0.1) is 0 Å². The average Bonchev–Trinajstić information content (AvgIpc) is 2.74. The highest BCUT2D eigenvalue weighted by Crippen LogP contribution is 2.18.